The van der Waals surface area contributed by atoms with Crippen LogP contribution in [-0.4, -0.2) is 32.4 Å². The third-order valence-electron chi connectivity index (χ3n) is 5.52. The van der Waals surface area contributed by atoms with Gasteiger partial charge in [0.25, 0.3) is 0 Å². The molecule has 0 aliphatic rings. The van der Waals surface area contributed by atoms with E-state index in [-0.39, 0.29) is 33.8 Å². The summed E-state index contributed by atoms with van der Waals surface area (Å²) >= 11 is 12.2. The number of sulfonamides is 1. The lowest BCUT2D eigenvalue weighted by Gasteiger charge is -2.24. The number of hydrogen-bond donors (Lipinski definition) is 1. The van der Waals surface area contributed by atoms with Crippen LogP contribution in [0.25, 0.3) is 0 Å². The van der Waals surface area contributed by atoms with Gasteiger partial charge in [0.1, 0.15) is 11.6 Å². The number of rotatable bonds is 13. The molecule has 0 aliphatic heterocycles. The molecule has 0 bridgehead atoms. The molecule has 0 fully saturated rings. The molecule has 0 radical (unpaired) electrons. The Hall–Kier alpha value is -2.55. The molecule has 0 aromatic heterocycles. The quantitative estimate of drug-likeness (QED) is 0.246. The Morgan fingerprint density at radius 3 is 2.26 bits per heavy atom. The standard InChI is InChI=1S/C29H32Cl2F2N2O2S/c1-5-7-24(22(4)17-34-18-23-9-12-28(33)13-10-23)20-35(19-21(3)8-11-27(32)6-2)38(36,37)29-15-25(30)14-26(31)16-29/h5-16,34H,2,17-20H2,1,3-4H3/b7-5-,21-8+,24-22-,27-11+. The fourth-order valence-corrected chi connectivity index (χ4v) is 5.69. The van der Waals surface area contributed by atoms with Gasteiger partial charge in [0, 0.05) is 36.2 Å². The molecule has 0 aliphatic carbocycles. The lowest BCUT2D eigenvalue weighted by atomic mass is 10.1. The van der Waals surface area contributed by atoms with Crippen LogP contribution in [0.3, 0.4) is 0 Å². The summed E-state index contributed by atoms with van der Waals surface area (Å²) in [6, 6.07) is 10.4. The molecule has 204 valence electrons. The molecule has 0 spiro atoms. The van der Waals surface area contributed by atoms with Crippen molar-refractivity contribution in [2.75, 3.05) is 19.6 Å². The highest BCUT2D eigenvalue weighted by molar-refractivity contribution is 7.89. The van der Waals surface area contributed by atoms with Crippen LogP contribution in [-0.2, 0) is 16.6 Å². The van der Waals surface area contributed by atoms with Crippen molar-refractivity contribution in [3.05, 3.63) is 123 Å². The number of halogens is 4. The number of nitrogens with one attached hydrogen (secondary N) is 1. The SMILES string of the molecule is C=C/C(F)=C\C=C(/C)CN(CC(/C=C\C)=C(/C)CNCc1ccc(F)cc1)S(=O)(=O)c1cc(Cl)cc(Cl)c1. The third kappa shape index (κ3) is 9.97. The van der Waals surface area contributed by atoms with Crippen molar-refractivity contribution >= 4 is 33.2 Å². The van der Waals surface area contributed by atoms with Crippen LogP contribution in [0.4, 0.5) is 8.78 Å². The minimum absolute atomic E-state index is 0.00469. The molecule has 2 aromatic rings. The molecule has 38 heavy (non-hydrogen) atoms. The highest BCUT2D eigenvalue weighted by Gasteiger charge is 2.26. The summed E-state index contributed by atoms with van der Waals surface area (Å²) in [6.45, 7) is 9.93. The zero-order valence-corrected chi connectivity index (χ0v) is 24.0. The van der Waals surface area contributed by atoms with Crippen LogP contribution in [0.1, 0.15) is 26.3 Å². The zero-order valence-electron chi connectivity index (χ0n) is 21.6. The number of nitrogens with zero attached hydrogens (tertiary/aromatic N) is 1. The molecule has 9 heteroatoms. The van der Waals surface area contributed by atoms with Gasteiger partial charge in [-0.1, -0.05) is 71.3 Å². The smallest absolute Gasteiger partial charge is 0.243 e. The second-order valence-electron chi connectivity index (χ2n) is 8.68. The van der Waals surface area contributed by atoms with E-state index in [0.29, 0.717) is 18.7 Å². The van der Waals surface area contributed by atoms with E-state index >= 15 is 0 Å². The second-order valence-corrected chi connectivity index (χ2v) is 11.5. The van der Waals surface area contributed by atoms with Gasteiger partial charge in [-0.05, 0) is 74.4 Å². The molecule has 0 amide bonds. The summed E-state index contributed by atoms with van der Waals surface area (Å²) in [5.41, 5.74) is 3.25. The van der Waals surface area contributed by atoms with Crippen LogP contribution >= 0.6 is 23.2 Å². The Kier molecular flexibility index (Phi) is 12.6. The molecule has 0 atom stereocenters. The van der Waals surface area contributed by atoms with Gasteiger partial charge in [-0.25, -0.2) is 17.2 Å². The minimum atomic E-state index is -4.03. The van der Waals surface area contributed by atoms with Crippen molar-refractivity contribution in [1.29, 1.82) is 0 Å². The van der Waals surface area contributed by atoms with E-state index in [4.69, 9.17) is 23.2 Å². The Bertz CT molecular complexity index is 1330. The molecule has 4 nitrogen and oxygen atoms in total. The summed E-state index contributed by atoms with van der Waals surface area (Å²) in [5, 5.41) is 3.71. The fourth-order valence-electron chi connectivity index (χ4n) is 3.50. The predicted molar refractivity (Wildman–Crippen MR) is 154 cm³/mol. The minimum Gasteiger partial charge on any atom is -0.309 e. The van der Waals surface area contributed by atoms with Gasteiger partial charge in [-0.2, -0.15) is 4.31 Å². The summed E-state index contributed by atoms with van der Waals surface area (Å²) in [5.74, 6) is -0.826. The normalized spacial score (nSPS) is 13.8. The first-order chi connectivity index (χ1) is 18.0. The van der Waals surface area contributed by atoms with Crippen LogP contribution in [0.5, 0.6) is 0 Å². The van der Waals surface area contributed by atoms with Crippen molar-refractivity contribution in [3.8, 4) is 0 Å². The molecule has 2 aromatic carbocycles. The van der Waals surface area contributed by atoms with Gasteiger partial charge < -0.3 is 5.32 Å². The van der Waals surface area contributed by atoms with E-state index in [1.165, 1.54) is 46.8 Å². The van der Waals surface area contributed by atoms with Gasteiger partial charge in [-0.3, -0.25) is 0 Å². The molecule has 1 N–H and O–H groups in total. The summed E-state index contributed by atoms with van der Waals surface area (Å²) < 4.78 is 55.5. The predicted octanol–water partition coefficient (Wildman–Crippen LogP) is 7.79. The third-order valence-corrected chi connectivity index (χ3v) is 7.72. The van der Waals surface area contributed by atoms with E-state index in [1.807, 2.05) is 26.0 Å². The number of hydrogen-bond acceptors (Lipinski definition) is 3. The van der Waals surface area contributed by atoms with E-state index in [9.17, 15) is 17.2 Å². The highest BCUT2D eigenvalue weighted by atomic mass is 35.5. The van der Waals surface area contributed by atoms with Crippen LogP contribution in [0, 0.1) is 5.82 Å². The Balaban J connectivity index is 2.40. The van der Waals surface area contributed by atoms with E-state index in [1.54, 1.807) is 19.1 Å². The van der Waals surface area contributed by atoms with Crippen molar-refractivity contribution in [1.82, 2.24) is 9.62 Å². The van der Waals surface area contributed by atoms with E-state index in [0.717, 1.165) is 22.8 Å². The first kappa shape index (κ1) is 31.7. The summed E-state index contributed by atoms with van der Waals surface area (Å²) in [6.07, 6.45) is 7.52. The maximum atomic E-state index is 13.7. The van der Waals surface area contributed by atoms with E-state index < -0.39 is 15.9 Å². The van der Waals surface area contributed by atoms with Gasteiger partial charge in [0.2, 0.25) is 10.0 Å². The summed E-state index contributed by atoms with van der Waals surface area (Å²) in [4.78, 5) is -0.0393. The average molecular weight is 582 g/mol. The number of allylic oxidation sites excluding steroid dienone is 5. The van der Waals surface area contributed by atoms with Gasteiger partial charge in [-0.15, -0.1) is 0 Å². The molecule has 0 saturated heterocycles. The summed E-state index contributed by atoms with van der Waals surface area (Å²) in [7, 11) is -4.03. The maximum absolute atomic E-state index is 13.7. The van der Waals surface area contributed by atoms with Crippen molar-refractivity contribution < 1.29 is 17.2 Å². The van der Waals surface area contributed by atoms with Gasteiger partial charge >= 0.3 is 0 Å². The first-order valence-corrected chi connectivity index (χ1v) is 14.0. The van der Waals surface area contributed by atoms with Crippen LogP contribution in [0.2, 0.25) is 10.0 Å². The largest absolute Gasteiger partial charge is 0.309 e. The molecule has 2 rings (SSSR count). The van der Waals surface area contributed by atoms with Crippen LogP contribution < -0.4 is 5.32 Å². The Morgan fingerprint density at radius 1 is 1.05 bits per heavy atom. The van der Waals surface area contributed by atoms with Crippen molar-refractivity contribution in [2.24, 2.45) is 0 Å². The second kappa shape index (κ2) is 15.1. The Morgan fingerprint density at radius 2 is 1.68 bits per heavy atom. The monoisotopic (exact) mass is 580 g/mol. The zero-order chi connectivity index (χ0) is 28.3. The average Bonchev–Trinajstić information content (AvgIpc) is 2.86. The number of benzene rings is 2. The van der Waals surface area contributed by atoms with Gasteiger partial charge in [0.15, 0.2) is 0 Å². The molecule has 0 unspecified atom stereocenters. The lowest BCUT2D eigenvalue weighted by molar-refractivity contribution is 0.460. The molecule has 0 saturated carbocycles. The van der Waals surface area contributed by atoms with Crippen molar-refractivity contribution in [2.45, 2.75) is 32.2 Å². The highest BCUT2D eigenvalue weighted by Crippen LogP contribution is 2.26. The maximum Gasteiger partial charge on any atom is 0.243 e. The first-order valence-electron chi connectivity index (χ1n) is 11.8. The lowest BCUT2D eigenvalue weighted by Crippen LogP contribution is -2.35. The molecule has 0 heterocycles. The topological polar surface area (TPSA) is 49.4 Å². The van der Waals surface area contributed by atoms with Crippen LogP contribution in [0.15, 0.2) is 107 Å². The van der Waals surface area contributed by atoms with Crippen molar-refractivity contribution in [3.63, 3.8) is 0 Å². The Labute approximate surface area is 234 Å². The van der Waals surface area contributed by atoms with E-state index in [2.05, 4.69) is 11.9 Å². The fraction of sp³-hybridized carbons (Fsp3) is 0.241. The molecular weight excluding hydrogens is 549 g/mol. The van der Waals surface area contributed by atoms with Gasteiger partial charge in [0.05, 0.1) is 4.90 Å². The molecular formula is C29H32Cl2F2N2O2S.